The van der Waals surface area contributed by atoms with Crippen molar-refractivity contribution < 1.29 is 84.7 Å². The number of aliphatic hydroxyl groups is 11. The fourth-order valence-electron chi connectivity index (χ4n) is 4.68. The fraction of sp³-hybridized carbons (Fsp3) is 0.952. The van der Waals surface area contributed by atoms with E-state index in [1.54, 1.807) is 0 Å². The predicted octanol–water partition coefficient (Wildman–Crippen LogP) is -8.07. The number of rotatable bonds is 9. The number of carbonyl (C=O) groups excluding carboxylic acids is 1. The van der Waals surface area contributed by atoms with Gasteiger partial charge in [0.2, 0.25) is 5.91 Å². The monoisotopic (exact) mass is 575 g/mol. The van der Waals surface area contributed by atoms with Gasteiger partial charge in [-0.1, -0.05) is 0 Å². The Balaban J connectivity index is 1.80. The molecule has 0 saturated carbocycles. The van der Waals surface area contributed by atoms with Crippen LogP contribution in [0.3, 0.4) is 0 Å². The highest BCUT2D eigenvalue weighted by Gasteiger charge is 2.54. The molecule has 1 amide bonds. The van der Waals surface area contributed by atoms with Crippen LogP contribution in [0.5, 0.6) is 0 Å². The molecule has 0 aromatic heterocycles. The molecule has 0 radical (unpaired) electrons. The average molecular weight is 576 g/mol. The molecule has 39 heavy (non-hydrogen) atoms. The van der Waals surface area contributed by atoms with Crippen LogP contribution in [0.4, 0.5) is 0 Å². The standard InChI is InChI=1S/C21H37NO17/c1-5(26)22-9-11(29)17(38-21-15(33)12(30)10(28)7(3-24)35-21)8(4-25)36-20(9)39-18-14(32)13(31)16(6(27)2-23)37-19(18)34/h6-21,23-25,27-34H,2-4H2,1H3,(H,22,26)/t6-,7-,8-,9-,10-,11-,12+,13-,14-,15-,16+,17-,18-,19+,20-,21-/m1/s1. The van der Waals surface area contributed by atoms with E-state index in [0.29, 0.717) is 0 Å². The van der Waals surface area contributed by atoms with E-state index < -0.39 is 124 Å². The molecule has 16 atom stereocenters. The van der Waals surface area contributed by atoms with Crippen molar-refractivity contribution in [2.75, 3.05) is 19.8 Å². The largest absolute Gasteiger partial charge is 0.394 e. The summed E-state index contributed by atoms with van der Waals surface area (Å²) >= 11 is 0. The lowest BCUT2D eigenvalue weighted by molar-refractivity contribution is -0.371. The molecule has 228 valence electrons. The van der Waals surface area contributed by atoms with Crippen LogP contribution < -0.4 is 5.32 Å². The maximum absolute atomic E-state index is 11.9. The topological polar surface area (TPSA) is 298 Å². The van der Waals surface area contributed by atoms with Gasteiger partial charge in [0.15, 0.2) is 18.9 Å². The Bertz CT molecular complexity index is 792. The molecule has 3 fully saturated rings. The van der Waals surface area contributed by atoms with Crippen molar-refractivity contribution in [3.8, 4) is 0 Å². The van der Waals surface area contributed by atoms with E-state index in [-0.39, 0.29) is 0 Å². The van der Waals surface area contributed by atoms with Crippen LogP contribution in [0.2, 0.25) is 0 Å². The molecule has 3 heterocycles. The first-order chi connectivity index (χ1) is 18.4. The lowest BCUT2D eigenvalue weighted by atomic mass is 9.94. The van der Waals surface area contributed by atoms with E-state index in [4.69, 9.17) is 28.8 Å². The number of carbonyl (C=O) groups is 1. The molecule has 0 aromatic carbocycles. The molecule has 0 unspecified atom stereocenters. The highest BCUT2D eigenvalue weighted by molar-refractivity contribution is 5.73. The van der Waals surface area contributed by atoms with Crippen molar-refractivity contribution in [2.24, 2.45) is 0 Å². The number of amides is 1. The van der Waals surface area contributed by atoms with Gasteiger partial charge in [-0.2, -0.15) is 0 Å². The number of hydrogen-bond donors (Lipinski definition) is 12. The van der Waals surface area contributed by atoms with E-state index in [9.17, 15) is 55.9 Å². The molecule has 18 nitrogen and oxygen atoms in total. The highest BCUT2D eigenvalue weighted by Crippen LogP contribution is 2.32. The molecule has 3 aliphatic rings. The molecule has 3 rings (SSSR count). The van der Waals surface area contributed by atoms with E-state index in [0.717, 1.165) is 6.92 Å². The van der Waals surface area contributed by atoms with Crippen molar-refractivity contribution in [1.29, 1.82) is 0 Å². The molecule has 18 heteroatoms. The quantitative estimate of drug-likeness (QED) is 0.121. The van der Waals surface area contributed by atoms with E-state index in [1.807, 2.05) is 0 Å². The van der Waals surface area contributed by atoms with Gasteiger partial charge >= 0.3 is 0 Å². The van der Waals surface area contributed by atoms with Crippen LogP contribution in [-0.4, -0.2) is 180 Å². The summed E-state index contributed by atoms with van der Waals surface area (Å²) in [5, 5.41) is 113. The van der Waals surface area contributed by atoms with Crippen molar-refractivity contribution >= 4 is 5.91 Å². The molecule has 3 aliphatic heterocycles. The number of hydrogen-bond acceptors (Lipinski definition) is 17. The van der Waals surface area contributed by atoms with Gasteiger partial charge in [-0.05, 0) is 0 Å². The third-order valence-corrected chi connectivity index (χ3v) is 6.82. The second kappa shape index (κ2) is 13.7. The summed E-state index contributed by atoms with van der Waals surface area (Å²) < 4.78 is 27.1. The van der Waals surface area contributed by atoms with Crippen LogP contribution in [0.1, 0.15) is 6.92 Å². The Kier molecular flexibility index (Phi) is 11.3. The van der Waals surface area contributed by atoms with Crippen LogP contribution in [-0.2, 0) is 28.5 Å². The second-order valence-electron chi connectivity index (χ2n) is 9.56. The molecule has 0 aliphatic carbocycles. The Morgan fingerprint density at radius 3 is 1.90 bits per heavy atom. The Morgan fingerprint density at radius 2 is 1.33 bits per heavy atom. The third kappa shape index (κ3) is 6.84. The van der Waals surface area contributed by atoms with E-state index in [2.05, 4.69) is 5.32 Å². The van der Waals surface area contributed by atoms with E-state index >= 15 is 0 Å². The lowest BCUT2D eigenvalue weighted by Crippen LogP contribution is -2.69. The first-order valence-corrected chi connectivity index (χ1v) is 12.2. The van der Waals surface area contributed by atoms with Crippen molar-refractivity contribution in [1.82, 2.24) is 5.32 Å². The Morgan fingerprint density at radius 1 is 0.744 bits per heavy atom. The van der Waals surface area contributed by atoms with Crippen molar-refractivity contribution in [3.05, 3.63) is 0 Å². The summed E-state index contributed by atoms with van der Waals surface area (Å²) in [6.45, 7) is -1.40. The second-order valence-corrected chi connectivity index (χ2v) is 9.56. The number of ether oxygens (including phenoxy) is 5. The van der Waals surface area contributed by atoms with Crippen LogP contribution >= 0.6 is 0 Å². The zero-order chi connectivity index (χ0) is 29.2. The summed E-state index contributed by atoms with van der Waals surface area (Å²) in [4.78, 5) is 11.9. The first kappa shape index (κ1) is 32.3. The van der Waals surface area contributed by atoms with E-state index in [1.165, 1.54) is 0 Å². The van der Waals surface area contributed by atoms with Gasteiger partial charge in [-0.3, -0.25) is 4.79 Å². The van der Waals surface area contributed by atoms with Crippen molar-refractivity contribution in [2.45, 2.75) is 105 Å². The minimum atomic E-state index is -2.00. The van der Waals surface area contributed by atoms with Gasteiger partial charge in [-0.25, -0.2) is 0 Å². The summed E-state index contributed by atoms with van der Waals surface area (Å²) in [6.07, 6.45) is -25.9. The zero-order valence-electron chi connectivity index (χ0n) is 20.7. The number of nitrogens with one attached hydrogen (secondary N) is 1. The van der Waals surface area contributed by atoms with Gasteiger partial charge in [0.1, 0.15) is 79.3 Å². The smallest absolute Gasteiger partial charge is 0.217 e. The highest BCUT2D eigenvalue weighted by atomic mass is 16.7. The van der Waals surface area contributed by atoms with Gasteiger partial charge in [0, 0.05) is 6.92 Å². The minimum absolute atomic E-state index is 0.711. The third-order valence-electron chi connectivity index (χ3n) is 6.82. The lowest BCUT2D eigenvalue weighted by Gasteiger charge is -2.49. The molecule has 0 aromatic rings. The Labute approximate surface area is 221 Å². The molecule has 3 saturated heterocycles. The summed E-state index contributed by atoms with van der Waals surface area (Å²) in [7, 11) is 0. The predicted molar refractivity (Wildman–Crippen MR) is 119 cm³/mol. The maximum atomic E-state index is 11.9. The van der Waals surface area contributed by atoms with Gasteiger partial charge in [-0.15, -0.1) is 0 Å². The normalized spacial score (nSPS) is 47.9. The molecule has 0 bridgehead atoms. The van der Waals surface area contributed by atoms with Crippen LogP contribution in [0.25, 0.3) is 0 Å². The summed E-state index contributed by atoms with van der Waals surface area (Å²) in [6, 6.07) is -1.53. The molecular formula is C21H37NO17. The number of aliphatic hydroxyl groups excluding tert-OH is 11. The molecular weight excluding hydrogens is 538 g/mol. The van der Waals surface area contributed by atoms with Crippen LogP contribution in [0.15, 0.2) is 0 Å². The average Bonchev–Trinajstić information content (AvgIpc) is 2.90. The molecule has 0 spiro atoms. The fourth-order valence-corrected chi connectivity index (χ4v) is 4.68. The molecule has 12 N–H and O–H groups in total. The van der Waals surface area contributed by atoms with Crippen molar-refractivity contribution in [3.63, 3.8) is 0 Å². The first-order valence-electron chi connectivity index (χ1n) is 12.2. The zero-order valence-corrected chi connectivity index (χ0v) is 20.7. The summed E-state index contributed by atoms with van der Waals surface area (Å²) in [5.74, 6) is -0.711. The SMILES string of the molecule is CC(=O)N[C@H]1[C@@H](O[C@@H]2[C@H](O)[C@@H](O)[C@H]([C@H](O)CO)O[C@@H]2O)O[C@H](CO)[C@@H](O[C@H]2O[C@H](CO)[C@@H](O)[C@H](O)[C@H]2O)[C@@H]1O. The maximum Gasteiger partial charge on any atom is 0.217 e. The van der Waals surface area contributed by atoms with Gasteiger partial charge in [0.05, 0.1) is 19.8 Å². The summed E-state index contributed by atoms with van der Waals surface area (Å²) in [5.41, 5.74) is 0. The van der Waals surface area contributed by atoms with Crippen LogP contribution in [0, 0.1) is 0 Å². The minimum Gasteiger partial charge on any atom is -0.394 e. The Hall–Kier alpha value is -1.17. The van der Waals surface area contributed by atoms with Gasteiger partial charge in [0.25, 0.3) is 0 Å². The van der Waals surface area contributed by atoms with Gasteiger partial charge < -0.3 is 85.2 Å².